The van der Waals surface area contributed by atoms with Crippen molar-refractivity contribution in [2.24, 2.45) is 0 Å². The summed E-state index contributed by atoms with van der Waals surface area (Å²) in [5.74, 6) is 0. The second-order valence-corrected chi connectivity index (χ2v) is 6.41. The molecule has 120 valence electrons. The molecule has 4 rings (SSSR count). The molecule has 1 unspecified atom stereocenters. The van der Waals surface area contributed by atoms with Gasteiger partial charge in [-0.1, -0.05) is 60.7 Å². The molecule has 3 nitrogen and oxygen atoms in total. The first kappa shape index (κ1) is 14.8. The minimum Gasteiger partial charge on any atom is -0.325 e. The fraction of sp³-hybridized carbons (Fsp3) is 0.190. The number of fused-ring (bicyclic) bond motifs is 1. The van der Waals surface area contributed by atoms with Crippen LogP contribution in [0.2, 0.25) is 0 Å². The van der Waals surface area contributed by atoms with E-state index in [2.05, 4.69) is 42.5 Å². The first-order valence-corrected chi connectivity index (χ1v) is 8.29. The molecule has 24 heavy (non-hydrogen) atoms. The zero-order valence-corrected chi connectivity index (χ0v) is 13.7. The molecule has 0 radical (unpaired) electrons. The van der Waals surface area contributed by atoms with E-state index in [1.807, 2.05) is 42.3 Å². The summed E-state index contributed by atoms with van der Waals surface area (Å²) in [5, 5.41) is 2.50. The van der Waals surface area contributed by atoms with Crippen molar-refractivity contribution < 1.29 is 4.79 Å². The number of carbonyl (C=O) groups is 1. The summed E-state index contributed by atoms with van der Waals surface area (Å²) in [4.78, 5) is 16.3. The second kappa shape index (κ2) is 6.00. The summed E-state index contributed by atoms with van der Waals surface area (Å²) in [5.41, 5.74) is 2.24. The van der Waals surface area contributed by atoms with Crippen LogP contribution in [0.25, 0.3) is 10.8 Å². The molecule has 1 atom stereocenters. The summed E-state index contributed by atoms with van der Waals surface area (Å²) in [6, 6.07) is 25.1. The molecule has 0 bridgehead atoms. The number of rotatable bonds is 3. The van der Waals surface area contributed by atoms with Gasteiger partial charge in [-0.05, 0) is 34.9 Å². The van der Waals surface area contributed by atoms with Crippen LogP contribution in [0, 0.1) is 0 Å². The van der Waals surface area contributed by atoms with E-state index >= 15 is 0 Å². The highest BCUT2D eigenvalue weighted by molar-refractivity contribution is 5.95. The topological polar surface area (TPSA) is 23.6 Å². The van der Waals surface area contributed by atoms with Crippen LogP contribution in [-0.4, -0.2) is 30.6 Å². The Morgan fingerprint density at radius 1 is 0.917 bits per heavy atom. The SMILES string of the molecule is CN1CC(Cc2ccc3ccccc3c2)N(c2ccccc2)C1=O. The number of likely N-dealkylation sites (N-methyl/N-ethyl adjacent to an activating group) is 1. The predicted molar refractivity (Wildman–Crippen MR) is 98.4 cm³/mol. The number of anilines is 1. The van der Waals surface area contributed by atoms with E-state index in [1.54, 1.807) is 4.90 Å². The van der Waals surface area contributed by atoms with Gasteiger partial charge in [0.15, 0.2) is 0 Å². The molecular formula is C21H20N2O. The third kappa shape index (κ3) is 2.62. The van der Waals surface area contributed by atoms with Crippen LogP contribution in [-0.2, 0) is 6.42 Å². The largest absolute Gasteiger partial charge is 0.325 e. The molecule has 1 heterocycles. The van der Waals surface area contributed by atoms with E-state index in [4.69, 9.17) is 0 Å². The number of urea groups is 1. The number of amides is 2. The van der Waals surface area contributed by atoms with Gasteiger partial charge in [-0.2, -0.15) is 0 Å². The smallest absolute Gasteiger partial charge is 0.324 e. The Bertz CT molecular complexity index is 875. The van der Waals surface area contributed by atoms with Crippen molar-refractivity contribution in [3.8, 4) is 0 Å². The molecule has 0 spiro atoms. The summed E-state index contributed by atoms with van der Waals surface area (Å²) in [6.45, 7) is 0.751. The van der Waals surface area contributed by atoms with Crippen LogP contribution in [0.3, 0.4) is 0 Å². The van der Waals surface area contributed by atoms with Crippen molar-refractivity contribution >= 4 is 22.5 Å². The number of para-hydroxylation sites is 1. The Morgan fingerprint density at radius 3 is 2.42 bits per heavy atom. The fourth-order valence-corrected chi connectivity index (χ4v) is 3.52. The minimum absolute atomic E-state index is 0.0759. The third-order valence-electron chi connectivity index (χ3n) is 4.70. The summed E-state index contributed by atoms with van der Waals surface area (Å²) in [6.07, 6.45) is 0.857. The zero-order chi connectivity index (χ0) is 16.5. The Balaban J connectivity index is 1.65. The van der Waals surface area contributed by atoms with Crippen molar-refractivity contribution in [3.05, 3.63) is 78.4 Å². The van der Waals surface area contributed by atoms with Gasteiger partial charge in [-0.15, -0.1) is 0 Å². The van der Waals surface area contributed by atoms with E-state index in [0.29, 0.717) is 0 Å². The maximum absolute atomic E-state index is 12.6. The normalized spacial score (nSPS) is 17.7. The molecule has 1 fully saturated rings. The number of hydrogen-bond acceptors (Lipinski definition) is 1. The lowest BCUT2D eigenvalue weighted by Crippen LogP contribution is -2.35. The van der Waals surface area contributed by atoms with Crippen molar-refractivity contribution in [2.75, 3.05) is 18.5 Å². The Morgan fingerprint density at radius 2 is 1.62 bits per heavy atom. The standard InChI is InChI=1S/C21H20N2O/c1-22-15-20(23(21(22)24)19-9-3-2-4-10-19)14-16-11-12-17-7-5-6-8-18(17)13-16/h2-13,20H,14-15H2,1H3. The summed E-state index contributed by atoms with van der Waals surface area (Å²) < 4.78 is 0. The van der Waals surface area contributed by atoms with Crippen LogP contribution in [0.1, 0.15) is 5.56 Å². The van der Waals surface area contributed by atoms with Gasteiger partial charge in [-0.3, -0.25) is 4.90 Å². The van der Waals surface area contributed by atoms with Crippen molar-refractivity contribution in [1.29, 1.82) is 0 Å². The maximum atomic E-state index is 12.6. The number of nitrogens with zero attached hydrogens (tertiary/aromatic N) is 2. The van der Waals surface area contributed by atoms with Gasteiger partial charge in [0.2, 0.25) is 0 Å². The van der Waals surface area contributed by atoms with Crippen molar-refractivity contribution in [1.82, 2.24) is 4.90 Å². The van der Waals surface area contributed by atoms with E-state index in [1.165, 1.54) is 16.3 Å². The van der Waals surface area contributed by atoms with E-state index < -0.39 is 0 Å². The van der Waals surface area contributed by atoms with E-state index in [0.717, 1.165) is 18.7 Å². The molecule has 3 heteroatoms. The van der Waals surface area contributed by atoms with Crippen molar-refractivity contribution in [3.63, 3.8) is 0 Å². The number of carbonyl (C=O) groups excluding carboxylic acids is 1. The maximum Gasteiger partial charge on any atom is 0.324 e. The third-order valence-corrected chi connectivity index (χ3v) is 4.70. The van der Waals surface area contributed by atoms with Crippen LogP contribution in [0.4, 0.5) is 10.5 Å². The average molecular weight is 316 g/mol. The predicted octanol–water partition coefficient (Wildman–Crippen LogP) is 4.32. The van der Waals surface area contributed by atoms with Gasteiger partial charge in [0.25, 0.3) is 0 Å². The zero-order valence-electron chi connectivity index (χ0n) is 13.7. The fourth-order valence-electron chi connectivity index (χ4n) is 3.52. The molecule has 1 aliphatic rings. The van der Waals surface area contributed by atoms with Crippen LogP contribution < -0.4 is 4.90 Å². The van der Waals surface area contributed by atoms with Crippen LogP contribution in [0.15, 0.2) is 72.8 Å². The molecule has 1 aliphatic heterocycles. The monoisotopic (exact) mass is 316 g/mol. The molecular weight excluding hydrogens is 296 g/mol. The quantitative estimate of drug-likeness (QED) is 0.706. The lowest BCUT2D eigenvalue weighted by Gasteiger charge is -2.23. The van der Waals surface area contributed by atoms with Gasteiger partial charge >= 0.3 is 6.03 Å². The first-order chi connectivity index (χ1) is 11.7. The molecule has 2 amide bonds. The Kier molecular flexibility index (Phi) is 3.69. The second-order valence-electron chi connectivity index (χ2n) is 6.41. The van der Waals surface area contributed by atoms with Crippen LogP contribution in [0.5, 0.6) is 0 Å². The van der Waals surface area contributed by atoms with Gasteiger partial charge in [0.1, 0.15) is 0 Å². The number of benzene rings is 3. The highest BCUT2D eigenvalue weighted by Crippen LogP contribution is 2.27. The van der Waals surface area contributed by atoms with Crippen molar-refractivity contribution in [2.45, 2.75) is 12.5 Å². The Labute approximate surface area is 142 Å². The van der Waals surface area contributed by atoms with E-state index in [-0.39, 0.29) is 12.1 Å². The van der Waals surface area contributed by atoms with Gasteiger partial charge in [0, 0.05) is 19.3 Å². The Hall–Kier alpha value is -2.81. The minimum atomic E-state index is 0.0759. The lowest BCUT2D eigenvalue weighted by molar-refractivity contribution is 0.229. The van der Waals surface area contributed by atoms with Gasteiger partial charge < -0.3 is 4.90 Å². The molecule has 0 aliphatic carbocycles. The van der Waals surface area contributed by atoms with Crippen LogP contribution >= 0.6 is 0 Å². The molecule has 1 saturated heterocycles. The van der Waals surface area contributed by atoms with E-state index in [9.17, 15) is 4.79 Å². The summed E-state index contributed by atoms with van der Waals surface area (Å²) >= 11 is 0. The van der Waals surface area contributed by atoms with Gasteiger partial charge in [0.05, 0.1) is 6.04 Å². The highest BCUT2D eigenvalue weighted by Gasteiger charge is 2.35. The average Bonchev–Trinajstić information content (AvgIpc) is 2.89. The molecule has 3 aromatic rings. The van der Waals surface area contributed by atoms with Gasteiger partial charge in [-0.25, -0.2) is 4.79 Å². The highest BCUT2D eigenvalue weighted by atomic mass is 16.2. The molecule has 0 aromatic heterocycles. The summed E-state index contributed by atoms with van der Waals surface area (Å²) in [7, 11) is 1.87. The molecule has 3 aromatic carbocycles. The first-order valence-electron chi connectivity index (χ1n) is 8.29. The number of hydrogen-bond donors (Lipinski definition) is 0. The lowest BCUT2D eigenvalue weighted by atomic mass is 10.0. The molecule has 0 saturated carbocycles. The molecule has 0 N–H and O–H groups in total.